The molecule has 1 heterocycles. The maximum Gasteiger partial charge on any atom is 0.241 e. The maximum atomic E-state index is 12.4. The van der Waals surface area contributed by atoms with Crippen molar-refractivity contribution in [2.45, 2.75) is 19.9 Å². The number of benzene rings is 1. The molecule has 1 atom stereocenters. The lowest BCUT2D eigenvalue weighted by atomic mass is 10.1. The smallest absolute Gasteiger partial charge is 0.241 e. The van der Waals surface area contributed by atoms with Gasteiger partial charge >= 0.3 is 0 Å². The van der Waals surface area contributed by atoms with Gasteiger partial charge in [-0.25, -0.2) is 0 Å². The van der Waals surface area contributed by atoms with E-state index in [9.17, 15) is 9.59 Å². The molecule has 1 amide bonds. The number of ketones is 1. The Bertz CT molecular complexity index is 522. The fourth-order valence-corrected chi connectivity index (χ4v) is 2.51. The van der Waals surface area contributed by atoms with Gasteiger partial charge in [-0.1, -0.05) is 12.1 Å². The Labute approximate surface area is 125 Å². The van der Waals surface area contributed by atoms with Crippen LogP contribution in [0.3, 0.4) is 0 Å². The van der Waals surface area contributed by atoms with E-state index in [1.165, 1.54) is 6.92 Å². The third-order valence-electron chi connectivity index (χ3n) is 4.03. The Morgan fingerprint density at radius 1 is 1.14 bits per heavy atom. The molecule has 0 unspecified atom stereocenters. The van der Waals surface area contributed by atoms with Crippen molar-refractivity contribution in [3.05, 3.63) is 29.8 Å². The summed E-state index contributed by atoms with van der Waals surface area (Å²) in [5.41, 5.74) is 1.15. The Kier molecular flexibility index (Phi) is 5.09. The summed E-state index contributed by atoms with van der Waals surface area (Å²) in [6, 6.07) is 6.93. The van der Waals surface area contributed by atoms with Gasteiger partial charge in [0.2, 0.25) is 5.91 Å². The summed E-state index contributed by atoms with van der Waals surface area (Å²) < 4.78 is 0. The molecule has 0 aliphatic carbocycles. The standard InChI is InChI=1S/C16H23N3O2/c1-12(19-10-8-18(3)9-11-19)16(21)17-15-7-5-4-6-14(15)13(2)20/h4-7,12H,8-11H2,1-3H3,(H,17,21)/t12-/m0/s1. The molecule has 1 aromatic rings. The molecular formula is C16H23N3O2. The zero-order valence-electron chi connectivity index (χ0n) is 12.9. The maximum absolute atomic E-state index is 12.4. The first-order valence-electron chi connectivity index (χ1n) is 7.32. The third-order valence-corrected chi connectivity index (χ3v) is 4.03. The van der Waals surface area contributed by atoms with E-state index in [1.54, 1.807) is 18.2 Å². The van der Waals surface area contributed by atoms with E-state index < -0.39 is 0 Å². The number of rotatable bonds is 4. The number of nitrogens with zero attached hydrogens (tertiary/aromatic N) is 2. The summed E-state index contributed by atoms with van der Waals surface area (Å²) in [5, 5.41) is 2.89. The van der Waals surface area contributed by atoms with Crippen LogP contribution in [0.15, 0.2) is 24.3 Å². The number of para-hydroxylation sites is 1. The van der Waals surface area contributed by atoms with Crippen molar-refractivity contribution < 1.29 is 9.59 Å². The van der Waals surface area contributed by atoms with Crippen LogP contribution < -0.4 is 5.32 Å². The Morgan fingerprint density at radius 3 is 2.38 bits per heavy atom. The monoisotopic (exact) mass is 289 g/mol. The summed E-state index contributed by atoms with van der Waals surface area (Å²) in [6.07, 6.45) is 0. The van der Waals surface area contributed by atoms with Gasteiger partial charge in [0.25, 0.3) is 0 Å². The van der Waals surface area contributed by atoms with Crippen LogP contribution in [-0.4, -0.2) is 60.8 Å². The molecule has 0 radical (unpaired) electrons. The van der Waals surface area contributed by atoms with Crippen LogP contribution >= 0.6 is 0 Å². The van der Waals surface area contributed by atoms with Gasteiger partial charge in [-0.2, -0.15) is 0 Å². The quantitative estimate of drug-likeness (QED) is 0.853. The lowest BCUT2D eigenvalue weighted by Gasteiger charge is -2.35. The highest BCUT2D eigenvalue weighted by Gasteiger charge is 2.24. The summed E-state index contributed by atoms with van der Waals surface area (Å²) in [6.45, 7) is 7.15. The van der Waals surface area contributed by atoms with Crippen molar-refractivity contribution in [3.8, 4) is 0 Å². The van der Waals surface area contributed by atoms with Gasteiger partial charge in [0, 0.05) is 31.7 Å². The van der Waals surface area contributed by atoms with Crippen LogP contribution in [0.5, 0.6) is 0 Å². The number of nitrogens with one attached hydrogen (secondary N) is 1. The number of hydrogen-bond acceptors (Lipinski definition) is 4. The number of Topliss-reactive ketones (excluding diaryl/α,β-unsaturated/α-hetero) is 1. The van der Waals surface area contributed by atoms with Crippen molar-refractivity contribution in [3.63, 3.8) is 0 Å². The summed E-state index contributed by atoms with van der Waals surface area (Å²) in [5.74, 6) is -0.105. The molecular weight excluding hydrogens is 266 g/mol. The van der Waals surface area contributed by atoms with E-state index in [-0.39, 0.29) is 17.7 Å². The van der Waals surface area contributed by atoms with E-state index in [0.29, 0.717) is 11.3 Å². The molecule has 1 aliphatic heterocycles. The summed E-state index contributed by atoms with van der Waals surface area (Å²) >= 11 is 0. The SMILES string of the molecule is CC(=O)c1ccccc1NC(=O)[C@H](C)N1CCN(C)CC1. The Morgan fingerprint density at radius 2 is 1.76 bits per heavy atom. The second-order valence-corrected chi connectivity index (χ2v) is 5.61. The highest BCUT2D eigenvalue weighted by Crippen LogP contribution is 2.16. The van der Waals surface area contributed by atoms with Gasteiger partial charge < -0.3 is 10.2 Å². The molecule has 21 heavy (non-hydrogen) atoms. The van der Waals surface area contributed by atoms with Crippen LogP contribution in [0.4, 0.5) is 5.69 Å². The van der Waals surface area contributed by atoms with Crippen molar-refractivity contribution >= 4 is 17.4 Å². The van der Waals surface area contributed by atoms with E-state index in [4.69, 9.17) is 0 Å². The molecule has 0 spiro atoms. The van der Waals surface area contributed by atoms with Crippen molar-refractivity contribution in [1.29, 1.82) is 0 Å². The van der Waals surface area contributed by atoms with Gasteiger partial charge in [-0.3, -0.25) is 14.5 Å². The highest BCUT2D eigenvalue weighted by molar-refractivity contribution is 6.04. The minimum Gasteiger partial charge on any atom is -0.324 e. The Hall–Kier alpha value is -1.72. The van der Waals surface area contributed by atoms with Gasteiger partial charge in [0.15, 0.2) is 5.78 Å². The average molecular weight is 289 g/mol. The molecule has 1 saturated heterocycles. The van der Waals surface area contributed by atoms with Gasteiger partial charge in [0.05, 0.1) is 11.7 Å². The summed E-state index contributed by atoms with van der Waals surface area (Å²) in [7, 11) is 2.09. The zero-order chi connectivity index (χ0) is 15.4. The predicted molar refractivity (Wildman–Crippen MR) is 83.6 cm³/mol. The lowest BCUT2D eigenvalue weighted by Crippen LogP contribution is -2.51. The largest absolute Gasteiger partial charge is 0.324 e. The van der Waals surface area contributed by atoms with Crippen LogP contribution in [0.1, 0.15) is 24.2 Å². The number of piperazine rings is 1. The fraction of sp³-hybridized carbons (Fsp3) is 0.500. The van der Waals surface area contributed by atoms with Crippen LogP contribution in [-0.2, 0) is 4.79 Å². The Balaban J connectivity index is 2.03. The second-order valence-electron chi connectivity index (χ2n) is 5.61. The van der Waals surface area contributed by atoms with E-state index in [2.05, 4.69) is 22.2 Å². The van der Waals surface area contributed by atoms with E-state index >= 15 is 0 Å². The van der Waals surface area contributed by atoms with Gasteiger partial charge in [-0.15, -0.1) is 0 Å². The molecule has 1 N–H and O–H groups in total. The molecule has 5 heteroatoms. The van der Waals surface area contributed by atoms with E-state index in [1.807, 2.05) is 13.0 Å². The van der Waals surface area contributed by atoms with Crippen molar-refractivity contribution in [1.82, 2.24) is 9.80 Å². The number of carbonyl (C=O) groups excluding carboxylic acids is 2. The fourth-order valence-electron chi connectivity index (χ4n) is 2.51. The second kappa shape index (κ2) is 6.83. The molecule has 0 saturated carbocycles. The molecule has 0 bridgehead atoms. The van der Waals surface area contributed by atoms with Gasteiger partial charge in [-0.05, 0) is 33.0 Å². The molecule has 1 aliphatic rings. The number of carbonyl (C=O) groups is 2. The van der Waals surface area contributed by atoms with Crippen LogP contribution in [0.25, 0.3) is 0 Å². The van der Waals surface area contributed by atoms with Gasteiger partial charge in [0.1, 0.15) is 0 Å². The first-order chi connectivity index (χ1) is 9.99. The zero-order valence-corrected chi connectivity index (χ0v) is 12.9. The number of hydrogen-bond donors (Lipinski definition) is 1. The third kappa shape index (κ3) is 3.89. The van der Waals surface area contributed by atoms with E-state index in [0.717, 1.165) is 26.2 Å². The van der Waals surface area contributed by atoms with Crippen LogP contribution in [0, 0.1) is 0 Å². The average Bonchev–Trinajstić information content (AvgIpc) is 2.47. The number of amides is 1. The van der Waals surface area contributed by atoms with Crippen LogP contribution in [0.2, 0.25) is 0 Å². The summed E-state index contributed by atoms with van der Waals surface area (Å²) in [4.78, 5) is 28.4. The molecule has 1 aromatic carbocycles. The molecule has 2 rings (SSSR count). The van der Waals surface area contributed by atoms with Crippen molar-refractivity contribution in [2.75, 3.05) is 38.5 Å². The molecule has 0 aromatic heterocycles. The minimum absolute atomic E-state index is 0.0434. The topological polar surface area (TPSA) is 52.7 Å². The molecule has 1 fully saturated rings. The first-order valence-corrected chi connectivity index (χ1v) is 7.32. The molecule has 5 nitrogen and oxygen atoms in total. The minimum atomic E-state index is -0.196. The predicted octanol–water partition coefficient (Wildman–Crippen LogP) is 1.46. The number of anilines is 1. The molecule has 114 valence electrons. The van der Waals surface area contributed by atoms with Crippen molar-refractivity contribution in [2.24, 2.45) is 0 Å². The number of likely N-dealkylation sites (N-methyl/N-ethyl adjacent to an activating group) is 1. The first kappa shape index (κ1) is 15.7. The highest BCUT2D eigenvalue weighted by atomic mass is 16.2. The normalized spacial score (nSPS) is 18.2. The lowest BCUT2D eigenvalue weighted by molar-refractivity contribution is -0.121.